The number of fused-ring (bicyclic) bond motifs is 3. The van der Waals surface area contributed by atoms with Gasteiger partial charge in [0.2, 0.25) is 11.8 Å². The van der Waals surface area contributed by atoms with Crippen molar-refractivity contribution in [3.05, 3.63) is 71.2 Å². The molecule has 1 aliphatic heterocycles. The third-order valence-corrected chi connectivity index (χ3v) is 6.08. The number of hydrogen-bond acceptors (Lipinski definition) is 3. The summed E-state index contributed by atoms with van der Waals surface area (Å²) in [6.45, 7) is 2.21. The predicted molar refractivity (Wildman–Crippen MR) is 119 cm³/mol. The first-order chi connectivity index (χ1) is 14.5. The third kappa shape index (κ3) is 3.12. The van der Waals surface area contributed by atoms with E-state index in [4.69, 9.17) is 16.0 Å². The van der Waals surface area contributed by atoms with Crippen molar-refractivity contribution >= 4 is 56.7 Å². The minimum Gasteiger partial charge on any atom is -0.456 e. The fraction of sp³-hybridized carbons (Fsp3) is 0.167. The largest absolute Gasteiger partial charge is 0.456 e. The van der Waals surface area contributed by atoms with Crippen molar-refractivity contribution in [2.75, 3.05) is 16.8 Å². The molecule has 1 fully saturated rings. The van der Waals surface area contributed by atoms with E-state index < -0.39 is 5.92 Å². The molecule has 4 aromatic rings. The molecule has 0 bridgehead atoms. The molecule has 0 spiro atoms. The van der Waals surface area contributed by atoms with Crippen LogP contribution in [0.5, 0.6) is 0 Å². The number of nitrogens with zero attached hydrogens (tertiary/aromatic N) is 1. The SMILES string of the molecule is Cc1c(Cl)cccc1N1C[C@@H](C(=O)Nc2ccc3c(c2)oc2ccccc23)CC1=O. The zero-order valence-electron chi connectivity index (χ0n) is 16.3. The molecule has 1 saturated heterocycles. The van der Waals surface area contributed by atoms with E-state index in [1.807, 2.05) is 61.5 Å². The molecule has 6 heteroatoms. The fourth-order valence-electron chi connectivity index (χ4n) is 4.05. The molecule has 1 aliphatic rings. The Morgan fingerprint density at radius 2 is 1.87 bits per heavy atom. The van der Waals surface area contributed by atoms with Gasteiger partial charge in [0.05, 0.1) is 5.92 Å². The minimum absolute atomic E-state index is 0.0757. The van der Waals surface area contributed by atoms with Crippen molar-refractivity contribution in [1.82, 2.24) is 0 Å². The highest BCUT2D eigenvalue weighted by molar-refractivity contribution is 6.31. The Hall–Kier alpha value is -3.31. The summed E-state index contributed by atoms with van der Waals surface area (Å²) in [7, 11) is 0. The quantitative estimate of drug-likeness (QED) is 0.475. The van der Waals surface area contributed by atoms with Crippen LogP contribution >= 0.6 is 11.6 Å². The molecule has 0 unspecified atom stereocenters. The fourth-order valence-corrected chi connectivity index (χ4v) is 4.22. The van der Waals surface area contributed by atoms with Crippen molar-refractivity contribution in [3.63, 3.8) is 0 Å². The molecule has 0 aliphatic carbocycles. The maximum atomic E-state index is 12.9. The Bertz CT molecular complexity index is 1310. The van der Waals surface area contributed by atoms with Gasteiger partial charge in [-0.15, -0.1) is 0 Å². The summed E-state index contributed by atoms with van der Waals surface area (Å²) < 4.78 is 5.89. The predicted octanol–water partition coefficient (Wildman–Crippen LogP) is 5.54. The maximum absolute atomic E-state index is 12.9. The van der Waals surface area contributed by atoms with E-state index in [2.05, 4.69) is 5.32 Å². The standard InChI is InChI=1S/C24H19ClN2O3/c1-14-19(25)6-4-7-20(14)27-13-15(11-23(27)28)24(29)26-16-9-10-18-17-5-2-3-8-21(17)30-22(18)12-16/h2-10,12,15H,11,13H2,1H3,(H,26,29)/t15-/m0/s1. The number of halogens is 1. The van der Waals surface area contributed by atoms with Gasteiger partial charge in [-0.05, 0) is 42.8 Å². The molecule has 0 radical (unpaired) electrons. The number of para-hydroxylation sites is 1. The van der Waals surface area contributed by atoms with Crippen LogP contribution in [-0.4, -0.2) is 18.4 Å². The zero-order valence-corrected chi connectivity index (χ0v) is 17.1. The summed E-state index contributed by atoms with van der Waals surface area (Å²) in [4.78, 5) is 27.1. The van der Waals surface area contributed by atoms with Crippen LogP contribution in [0.15, 0.2) is 65.1 Å². The van der Waals surface area contributed by atoms with Crippen molar-refractivity contribution in [3.8, 4) is 0 Å². The van der Waals surface area contributed by atoms with Crippen LogP contribution in [0.3, 0.4) is 0 Å². The molecule has 1 aromatic heterocycles. The van der Waals surface area contributed by atoms with Gasteiger partial charge in [0.1, 0.15) is 11.2 Å². The number of benzene rings is 3. The second-order valence-corrected chi connectivity index (χ2v) is 7.99. The second-order valence-electron chi connectivity index (χ2n) is 7.59. The molecule has 2 heterocycles. The van der Waals surface area contributed by atoms with Gasteiger partial charge >= 0.3 is 0 Å². The van der Waals surface area contributed by atoms with Gasteiger partial charge in [-0.2, -0.15) is 0 Å². The van der Waals surface area contributed by atoms with Gasteiger partial charge in [0.15, 0.2) is 0 Å². The number of furan rings is 1. The van der Waals surface area contributed by atoms with Gasteiger partial charge in [-0.3, -0.25) is 9.59 Å². The number of anilines is 2. The lowest BCUT2D eigenvalue weighted by molar-refractivity contribution is -0.122. The lowest BCUT2D eigenvalue weighted by atomic mass is 10.1. The van der Waals surface area contributed by atoms with Crippen molar-refractivity contribution in [1.29, 1.82) is 0 Å². The smallest absolute Gasteiger partial charge is 0.229 e. The average molecular weight is 419 g/mol. The maximum Gasteiger partial charge on any atom is 0.229 e. The second kappa shape index (κ2) is 7.18. The van der Waals surface area contributed by atoms with Crippen LogP contribution < -0.4 is 10.2 Å². The number of carbonyl (C=O) groups excluding carboxylic acids is 2. The van der Waals surface area contributed by atoms with Gasteiger partial charge in [0.25, 0.3) is 0 Å². The molecule has 1 atom stereocenters. The van der Waals surface area contributed by atoms with Crippen LogP contribution in [0.2, 0.25) is 5.02 Å². The molecular weight excluding hydrogens is 400 g/mol. The normalized spacial score (nSPS) is 16.5. The van der Waals surface area contributed by atoms with E-state index in [0.717, 1.165) is 27.6 Å². The van der Waals surface area contributed by atoms with Gasteiger partial charge in [-0.25, -0.2) is 0 Å². The van der Waals surface area contributed by atoms with E-state index in [1.54, 1.807) is 11.0 Å². The molecule has 2 amide bonds. The van der Waals surface area contributed by atoms with Crippen LogP contribution in [0, 0.1) is 12.8 Å². The van der Waals surface area contributed by atoms with Gasteiger partial charge < -0.3 is 14.6 Å². The van der Waals surface area contributed by atoms with Gasteiger partial charge in [0, 0.05) is 46.2 Å². The Labute approximate surface area is 178 Å². The van der Waals surface area contributed by atoms with Crippen LogP contribution in [0.4, 0.5) is 11.4 Å². The third-order valence-electron chi connectivity index (χ3n) is 5.67. The van der Waals surface area contributed by atoms with E-state index >= 15 is 0 Å². The van der Waals surface area contributed by atoms with Crippen LogP contribution in [-0.2, 0) is 9.59 Å². The lowest BCUT2D eigenvalue weighted by Gasteiger charge is -2.19. The molecule has 3 aromatic carbocycles. The highest BCUT2D eigenvalue weighted by Crippen LogP contribution is 2.33. The highest BCUT2D eigenvalue weighted by Gasteiger charge is 2.36. The van der Waals surface area contributed by atoms with Crippen LogP contribution in [0.25, 0.3) is 21.9 Å². The molecule has 5 rings (SSSR count). The number of nitrogens with one attached hydrogen (secondary N) is 1. The molecule has 30 heavy (non-hydrogen) atoms. The van der Waals surface area contributed by atoms with E-state index in [1.165, 1.54) is 0 Å². The lowest BCUT2D eigenvalue weighted by Crippen LogP contribution is -2.28. The zero-order chi connectivity index (χ0) is 20.8. The molecule has 1 N–H and O–H groups in total. The molecule has 150 valence electrons. The first-order valence-electron chi connectivity index (χ1n) is 9.79. The van der Waals surface area contributed by atoms with Gasteiger partial charge in [-0.1, -0.05) is 35.9 Å². The summed E-state index contributed by atoms with van der Waals surface area (Å²) in [5, 5.41) is 5.58. The Morgan fingerprint density at radius 1 is 1.07 bits per heavy atom. The first-order valence-corrected chi connectivity index (χ1v) is 10.2. The Balaban J connectivity index is 1.36. The average Bonchev–Trinajstić information content (AvgIpc) is 3.30. The van der Waals surface area contributed by atoms with Crippen molar-refractivity contribution in [2.24, 2.45) is 5.92 Å². The Kier molecular flexibility index (Phi) is 4.48. The van der Waals surface area contributed by atoms with E-state index in [0.29, 0.717) is 22.8 Å². The molecular formula is C24H19ClN2O3. The summed E-state index contributed by atoms with van der Waals surface area (Å²) in [6, 6.07) is 18.9. The molecule has 5 nitrogen and oxygen atoms in total. The minimum atomic E-state index is -0.428. The number of rotatable bonds is 3. The van der Waals surface area contributed by atoms with Crippen molar-refractivity contribution < 1.29 is 14.0 Å². The summed E-state index contributed by atoms with van der Waals surface area (Å²) in [6.07, 6.45) is 0.171. The van der Waals surface area contributed by atoms with Crippen molar-refractivity contribution in [2.45, 2.75) is 13.3 Å². The number of carbonyl (C=O) groups is 2. The molecule has 0 saturated carbocycles. The van der Waals surface area contributed by atoms with E-state index in [-0.39, 0.29) is 18.2 Å². The topological polar surface area (TPSA) is 62.6 Å². The van der Waals surface area contributed by atoms with Crippen LogP contribution in [0.1, 0.15) is 12.0 Å². The van der Waals surface area contributed by atoms with E-state index in [9.17, 15) is 9.59 Å². The highest BCUT2D eigenvalue weighted by atomic mass is 35.5. The summed E-state index contributed by atoms with van der Waals surface area (Å²) in [5.74, 6) is -0.684. The first kappa shape index (κ1) is 18.7. The number of amides is 2. The monoisotopic (exact) mass is 418 g/mol. The Morgan fingerprint density at radius 3 is 2.73 bits per heavy atom. The number of hydrogen-bond donors (Lipinski definition) is 1. The summed E-state index contributed by atoms with van der Waals surface area (Å²) >= 11 is 6.20. The summed E-state index contributed by atoms with van der Waals surface area (Å²) in [5.41, 5.74) is 3.77.